The lowest BCUT2D eigenvalue weighted by molar-refractivity contribution is 0.463. The molecule has 3 N–H and O–H groups in total. The second kappa shape index (κ2) is 5.05. The van der Waals surface area contributed by atoms with Crippen LogP contribution < -0.4 is 15.8 Å². The SMILES string of the molecule is CNc1cc(Oc2ccc3ccccc3c2)nc(N)n1. The Labute approximate surface area is 116 Å². The first-order valence-electron chi connectivity index (χ1n) is 6.23. The first kappa shape index (κ1) is 12.2. The minimum absolute atomic E-state index is 0.174. The molecule has 0 radical (unpaired) electrons. The smallest absolute Gasteiger partial charge is 0.226 e. The Hall–Kier alpha value is -2.82. The van der Waals surface area contributed by atoms with Gasteiger partial charge in [0.1, 0.15) is 11.6 Å². The van der Waals surface area contributed by atoms with Crippen molar-refractivity contribution in [2.45, 2.75) is 0 Å². The number of nitrogens with zero attached hydrogens (tertiary/aromatic N) is 2. The van der Waals surface area contributed by atoms with Crippen LogP contribution in [0.25, 0.3) is 10.8 Å². The van der Waals surface area contributed by atoms with Gasteiger partial charge >= 0.3 is 0 Å². The summed E-state index contributed by atoms with van der Waals surface area (Å²) in [5.41, 5.74) is 5.64. The quantitative estimate of drug-likeness (QED) is 0.762. The standard InChI is InChI=1S/C15H14N4O/c1-17-13-9-14(19-15(16)18-13)20-12-7-6-10-4-2-3-5-11(10)8-12/h2-9H,1H3,(H3,16,17,18,19). The van der Waals surface area contributed by atoms with Crippen LogP contribution in [-0.2, 0) is 0 Å². The molecule has 0 saturated heterocycles. The molecule has 20 heavy (non-hydrogen) atoms. The van der Waals surface area contributed by atoms with Crippen LogP contribution in [0.3, 0.4) is 0 Å². The Morgan fingerprint density at radius 3 is 2.60 bits per heavy atom. The molecule has 0 amide bonds. The van der Waals surface area contributed by atoms with Gasteiger partial charge < -0.3 is 15.8 Å². The molecule has 1 aromatic heterocycles. The number of hydrogen-bond acceptors (Lipinski definition) is 5. The summed E-state index contributed by atoms with van der Waals surface area (Å²) >= 11 is 0. The molecule has 0 unspecified atom stereocenters. The van der Waals surface area contributed by atoms with E-state index in [0.29, 0.717) is 17.4 Å². The third kappa shape index (κ3) is 2.47. The van der Waals surface area contributed by atoms with Crippen LogP contribution in [0.1, 0.15) is 0 Å². The van der Waals surface area contributed by atoms with Crippen molar-refractivity contribution in [3.05, 3.63) is 48.5 Å². The fraction of sp³-hybridized carbons (Fsp3) is 0.0667. The minimum Gasteiger partial charge on any atom is -0.439 e. The number of nitrogens with one attached hydrogen (secondary N) is 1. The maximum Gasteiger partial charge on any atom is 0.226 e. The number of nitrogen functional groups attached to an aromatic ring is 1. The first-order valence-corrected chi connectivity index (χ1v) is 6.23. The molecule has 0 atom stereocenters. The summed E-state index contributed by atoms with van der Waals surface area (Å²) < 4.78 is 5.74. The molecule has 1 heterocycles. The lowest BCUT2D eigenvalue weighted by Gasteiger charge is -2.08. The average molecular weight is 266 g/mol. The predicted molar refractivity (Wildman–Crippen MR) is 80.0 cm³/mol. The highest BCUT2D eigenvalue weighted by molar-refractivity contribution is 5.83. The normalized spacial score (nSPS) is 10.4. The molecule has 0 aliphatic rings. The van der Waals surface area contributed by atoms with Crippen molar-refractivity contribution in [1.82, 2.24) is 9.97 Å². The maximum atomic E-state index is 5.74. The van der Waals surface area contributed by atoms with Gasteiger partial charge in [-0.05, 0) is 22.9 Å². The number of nitrogens with two attached hydrogens (primary N) is 1. The third-order valence-corrected chi connectivity index (χ3v) is 2.92. The molecule has 0 aliphatic carbocycles. The van der Waals surface area contributed by atoms with E-state index in [-0.39, 0.29) is 5.95 Å². The number of rotatable bonds is 3. The zero-order chi connectivity index (χ0) is 13.9. The summed E-state index contributed by atoms with van der Waals surface area (Å²) in [6, 6.07) is 15.7. The monoisotopic (exact) mass is 266 g/mol. The van der Waals surface area contributed by atoms with E-state index in [1.165, 1.54) is 0 Å². The van der Waals surface area contributed by atoms with E-state index < -0.39 is 0 Å². The average Bonchev–Trinajstić information content (AvgIpc) is 2.46. The van der Waals surface area contributed by atoms with Gasteiger partial charge in [0.15, 0.2) is 0 Å². The summed E-state index contributed by atoms with van der Waals surface area (Å²) in [5.74, 6) is 1.92. The van der Waals surface area contributed by atoms with Gasteiger partial charge in [-0.15, -0.1) is 0 Å². The topological polar surface area (TPSA) is 73.1 Å². The Morgan fingerprint density at radius 1 is 1.00 bits per heavy atom. The Morgan fingerprint density at radius 2 is 1.80 bits per heavy atom. The Kier molecular flexibility index (Phi) is 3.09. The number of fused-ring (bicyclic) bond motifs is 1. The molecule has 5 heteroatoms. The van der Waals surface area contributed by atoms with Crippen molar-refractivity contribution in [2.24, 2.45) is 0 Å². The van der Waals surface area contributed by atoms with Gasteiger partial charge in [0.2, 0.25) is 11.8 Å². The second-order valence-corrected chi connectivity index (χ2v) is 4.31. The third-order valence-electron chi connectivity index (χ3n) is 2.92. The second-order valence-electron chi connectivity index (χ2n) is 4.31. The van der Waals surface area contributed by atoms with E-state index in [0.717, 1.165) is 10.8 Å². The lowest BCUT2D eigenvalue weighted by atomic mass is 10.1. The summed E-state index contributed by atoms with van der Waals surface area (Å²) in [6.45, 7) is 0. The fourth-order valence-corrected chi connectivity index (χ4v) is 1.97. The molecule has 0 saturated carbocycles. The van der Waals surface area contributed by atoms with Crippen LogP contribution >= 0.6 is 0 Å². The molecule has 0 spiro atoms. The first-order chi connectivity index (χ1) is 9.74. The molecular weight excluding hydrogens is 252 g/mol. The highest BCUT2D eigenvalue weighted by Crippen LogP contribution is 2.25. The van der Waals surface area contributed by atoms with Crippen molar-refractivity contribution in [2.75, 3.05) is 18.1 Å². The molecule has 2 aromatic carbocycles. The number of hydrogen-bond donors (Lipinski definition) is 2. The predicted octanol–water partition coefficient (Wildman–Crippen LogP) is 3.05. The number of aromatic nitrogens is 2. The van der Waals surface area contributed by atoms with Gasteiger partial charge in [0, 0.05) is 13.1 Å². The van der Waals surface area contributed by atoms with Crippen LogP contribution in [0, 0.1) is 0 Å². The molecule has 3 rings (SSSR count). The summed E-state index contributed by atoms with van der Waals surface area (Å²) in [5, 5.41) is 5.19. The van der Waals surface area contributed by atoms with Crippen LogP contribution in [0.4, 0.5) is 11.8 Å². The van der Waals surface area contributed by atoms with E-state index in [9.17, 15) is 0 Å². The van der Waals surface area contributed by atoms with Crippen molar-refractivity contribution in [1.29, 1.82) is 0 Å². The van der Waals surface area contributed by atoms with Gasteiger partial charge in [0.05, 0.1) is 0 Å². The lowest BCUT2D eigenvalue weighted by Crippen LogP contribution is -2.01. The highest BCUT2D eigenvalue weighted by atomic mass is 16.5. The molecule has 0 bridgehead atoms. The Bertz CT molecular complexity index is 758. The highest BCUT2D eigenvalue weighted by Gasteiger charge is 2.04. The molecule has 100 valence electrons. The molecule has 0 aliphatic heterocycles. The Balaban J connectivity index is 1.94. The van der Waals surface area contributed by atoms with Crippen molar-refractivity contribution >= 4 is 22.5 Å². The van der Waals surface area contributed by atoms with E-state index in [1.54, 1.807) is 13.1 Å². The van der Waals surface area contributed by atoms with E-state index in [2.05, 4.69) is 21.4 Å². The van der Waals surface area contributed by atoms with Crippen molar-refractivity contribution in [3.8, 4) is 11.6 Å². The van der Waals surface area contributed by atoms with Gasteiger partial charge in [-0.25, -0.2) is 0 Å². The van der Waals surface area contributed by atoms with E-state index in [4.69, 9.17) is 10.5 Å². The molecular formula is C15H14N4O. The van der Waals surface area contributed by atoms with Crippen molar-refractivity contribution < 1.29 is 4.74 Å². The number of anilines is 2. The van der Waals surface area contributed by atoms with Crippen LogP contribution in [0.5, 0.6) is 11.6 Å². The number of benzene rings is 2. The van der Waals surface area contributed by atoms with E-state index >= 15 is 0 Å². The van der Waals surface area contributed by atoms with Crippen LogP contribution in [-0.4, -0.2) is 17.0 Å². The van der Waals surface area contributed by atoms with Gasteiger partial charge in [-0.1, -0.05) is 30.3 Å². The minimum atomic E-state index is 0.174. The summed E-state index contributed by atoms with van der Waals surface area (Å²) in [6.07, 6.45) is 0. The van der Waals surface area contributed by atoms with Gasteiger partial charge in [-0.2, -0.15) is 9.97 Å². The maximum absolute atomic E-state index is 5.74. The van der Waals surface area contributed by atoms with Gasteiger partial charge in [0.25, 0.3) is 0 Å². The molecule has 5 nitrogen and oxygen atoms in total. The van der Waals surface area contributed by atoms with Gasteiger partial charge in [-0.3, -0.25) is 0 Å². The number of ether oxygens (including phenoxy) is 1. The van der Waals surface area contributed by atoms with Crippen LogP contribution in [0.15, 0.2) is 48.5 Å². The van der Waals surface area contributed by atoms with Crippen molar-refractivity contribution in [3.63, 3.8) is 0 Å². The summed E-state index contributed by atoms with van der Waals surface area (Å²) in [4.78, 5) is 8.08. The zero-order valence-electron chi connectivity index (χ0n) is 11.0. The fourth-order valence-electron chi connectivity index (χ4n) is 1.97. The van der Waals surface area contributed by atoms with E-state index in [1.807, 2.05) is 36.4 Å². The molecule has 3 aromatic rings. The molecule has 0 fully saturated rings. The van der Waals surface area contributed by atoms with Crippen LogP contribution in [0.2, 0.25) is 0 Å². The zero-order valence-corrected chi connectivity index (χ0v) is 11.0. The summed E-state index contributed by atoms with van der Waals surface area (Å²) in [7, 11) is 1.77. The largest absolute Gasteiger partial charge is 0.439 e.